The standard InChI is InChI=1S/C18H27NO2/c1-2-3-4-5-6-7-8-15-19-18(21)14-11-16-9-12-17(20)13-10-16/h9-14,20H,2-8,15H2,1H3,(H,19,21). The molecule has 3 heteroatoms. The maximum atomic E-state index is 11.6. The van der Waals surface area contributed by atoms with Crippen molar-refractivity contribution in [2.45, 2.75) is 51.9 Å². The lowest BCUT2D eigenvalue weighted by Gasteiger charge is -2.02. The van der Waals surface area contributed by atoms with Crippen molar-refractivity contribution >= 4 is 12.0 Å². The minimum atomic E-state index is -0.0611. The molecule has 1 aromatic rings. The predicted octanol–water partition coefficient (Wildman–Crippen LogP) is 4.27. The number of phenolic OH excluding ortho intramolecular Hbond substituents is 1. The van der Waals surface area contributed by atoms with Crippen LogP contribution in [-0.2, 0) is 4.79 Å². The van der Waals surface area contributed by atoms with Gasteiger partial charge in [-0.25, -0.2) is 0 Å². The van der Waals surface area contributed by atoms with Gasteiger partial charge >= 0.3 is 0 Å². The van der Waals surface area contributed by atoms with Crippen molar-refractivity contribution in [2.24, 2.45) is 0 Å². The molecule has 0 radical (unpaired) electrons. The average Bonchev–Trinajstić information content (AvgIpc) is 2.49. The molecule has 0 spiro atoms. The smallest absolute Gasteiger partial charge is 0.243 e. The minimum absolute atomic E-state index is 0.0611. The van der Waals surface area contributed by atoms with Crippen LogP contribution < -0.4 is 5.32 Å². The molecule has 0 unspecified atom stereocenters. The highest BCUT2D eigenvalue weighted by atomic mass is 16.3. The largest absolute Gasteiger partial charge is 0.508 e. The predicted molar refractivity (Wildman–Crippen MR) is 88.1 cm³/mol. The van der Waals surface area contributed by atoms with Crippen molar-refractivity contribution < 1.29 is 9.90 Å². The van der Waals surface area contributed by atoms with Gasteiger partial charge in [0.25, 0.3) is 0 Å². The van der Waals surface area contributed by atoms with Gasteiger partial charge in [0.1, 0.15) is 5.75 Å². The zero-order chi connectivity index (χ0) is 15.3. The monoisotopic (exact) mass is 289 g/mol. The minimum Gasteiger partial charge on any atom is -0.508 e. The Labute approximate surface area is 128 Å². The van der Waals surface area contributed by atoms with Crippen molar-refractivity contribution in [3.63, 3.8) is 0 Å². The number of amides is 1. The van der Waals surface area contributed by atoms with E-state index >= 15 is 0 Å². The van der Waals surface area contributed by atoms with E-state index in [1.165, 1.54) is 44.6 Å². The third-order valence-corrected chi connectivity index (χ3v) is 3.40. The fraction of sp³-hybridized carbons (Fsp3) is 0.500. The highest BCUT2D eigenvalue weighted by Gasteiger charge is 1.96. The summed E-state index contributed by atoms with van der Waals surface area (Å²) in [6.45, 7) is 2.97. The molecule has 3 nitrogen and oxygen atoms in total. The summed E-state index contributed by atoms with van der Waals surface area (Å²) in [7, 11) is 0. The van der Waals surface area contributed by atoms with Crippen molar-refractivity contribution in [3.8, 4) is 5.75 Å². The maximum Gasteiger partial charge on any atom is 0.243 e. The highest BCUT2D eigenvalue weighted by molar-refractivity contribution is 5.91. The quantitative estimate of drug-likeness (QED) is 0.499. The lowest BCUT2D eigenvalue weighted by atomic mass is 10.1. The van der Waals surface area contributed by atoms with E-state index in [9.17, 15) is 4.79 Å². The number of benzene rings is 1. The summed E-state index contributed by atoms with van der Waals surface area (Å²) >= 11 is 0. The molecule has 0 aliphatic rings. The molecule has 0 atom stereocenters. The number of aromatic hydroxyl groups is 1. The molecule has 116 valence electrons. The Hall–Kier alpha value is -1.77. The van der Waals surface area contributed by atoms with Crippen LogP contribution in [0.5, 0.6) is 5.75 Å². The first-order valence-electron chi connectivity index (χ1n) is 7.97. The van der Waals surface area contributed by atoms with E-state index in [0.717, 1.165) is 18.5 Å². The fourth-order valence-corrected chi connectivity index (χ4v) is 2.11. The molecule has 0 aromatic heterocycles. The molecular formula is C18H27NO2. The molecule has 0 saturated heterocycles. The molecule has 0 heterocycles. The first kappa shape index (κ1) is 17.3. The second-order valence-corrected chi connectivity index (χ2v) is 5.34. The molecule has 0 bridgehead atoms. The Balaban J connectivity index is 2.07. The van der Waals surface area contributed by atoms with Gasteiger partial charge in [-0.15, -0.1) is 0 Å². The van der Waals surface area contributed by atoms with E-state index in [4.69, 9.17) is 5.11 Å². The summed E-state index contributed by atoms with van der Waals surface area (Å²) in [6, 6.07) is 6.76. The second kappa shape index (κ2) is 11.0. The number of rotatable bonds is 10. The molecule has 1 rings (SSSR count). The normalized spacial score (nSPS) is 10.9. The molecule has 21 heavy (non-hydrogen) atoms. The summed E-state index contributed by atoms with van der Waals surface area (Å²) in [5.41, 5.74) is 0.902. The van der Waals surface area contributed by atoms with Crippen LogP contribution in [0.25, 0.3) is 6.08 Å². The first-order valence-corrected chi connectivity index (χ1v) is 7.97. The van der Waals surface area contributed by atoms with Crippen molar-refractivity contribution in [1.82, 2.24) is 5.32 Å². The number of carbonyl (C=O) groups excluding carboxylic acids is 1. The second-order valence-electron chi connectivity index (χ2n) is 5.34. The Morgan fingerprint density at radius 3 is 2.33 bits per heavy atom. The van der Waals surface area contributed by atoms with Crippen LogP contribution in [0.2, 0.25) is 0 Å². The van der Waals surface area contributed by atoms with Gasteiger partial charge in [0.2, 0.25) is 5.91 Å². The van der Waals surface area contributed by atoms with Crippen LogP contribution in [0.1, 0.15) is 57.4 Å². The van der Waals surface area contributed by atoms with Crippen LogP contribution in [0, 0.1) is 0 Å². The van der Waals surface area contributed by atoms with Crippen LogP contribution in [0.4, 0.5) is 0 Å². The topological polar surface area (TPSA) is 49.3 Å². The van der Waals surface area contributed by atoms with Crippen LogP contribution in [-0.4, -0.2) is 17.6 Å². The van der Waals surface area contributed by atoms with Crippen molar-refractivity contribution in [2.75, 3.05) is 6.54 Å². The van der Waals surface area contributed by atoms with Gasteiger partial charge in [-0.2, -0.15) is 0 Å². The highest BCUT2D eigenvalue weighted by Crippen LogP contribution is 2.10. The van der Waals surface area contributed by atoms with Crippen LogP contribution >= 0.6 is 0 Å². The number of phenols is 1. The summed E-state index contributed by atoms with van der Waals surface area (Å²) < 4.78 is 0. The van der Waals surface area contributed by atoms with Gasteiger partial charge in [0.05, 0.1) is 0 Å². The fourth-order valence-electron chi connectivity index (χ4n) is 2.11. The lowest BCUT2D eigenvalue weighted by molar-refractivity contribution is -0.116. The van der Waals surface area contributed by atoms with E-state index in [1.54, 1.807) is 30.3 Å². The van der Waals surface area contributed by atoms with E-state index in [-0.39, 0.29) is 11.7 Å². The third kappa shape index (κ3) is 8.90. The van der Waals surface area contributed by atoms with Gasteiger partial charge in [-0.1, -0.05) is 57.6 Å². The molecular weight excluding hydrogens is 262 g/mol. The Morgan fingerprint density at radius 2 is 1.67 bits per heavy atom. The van der Waals surface area contributed by atoms with Gasteiger partial charge in [0, 0.05) is 12.6 Å². The Kier molecular flexibility index (Phi) is 9.01. The molecule has 1 amide bonds. The molecule has 0 fully saturated rings. The van der Waals surface area contributed by atoms with Gasteiger partial charge in [-0.05, 0) is 30.2 Å². The van der Waals surface area contributed by atoms with Gasteiger partial charge in [0.15, 0.2) is 0 Å². The zero-order valence-corrected chi connectivity index (χ0v) is 13.0. The molecule has 1 aromatic carbocycles. The van der Waals surface area contributed by atoms with Gasteiger partial charge < -0.3 is 10.4 Å². The number of hydrogen-bond donors (Lipinski definition) is 2. The summed E-state index contributed by atoms with van der Waals surface area (Å²) in [5.74, 6) is 0.171. The molecule has 0 aliphatic heterocycles. The lowest BCUT2D eigenvalue weighted by Crippen LogP contribution is -2.21. The summed E-state index contributed by atoms with van der Waals surface area (Å²) in [4.78, 5) is 11.6. The zero-order valence-electron chi connectivity index (χ0n) is 13.0. The van der Waals surface area contributed by atoms with E-state index < -0.39 is 0 Å². The molecule has 2 N–H and O–H groups in total. The van der Waals surface area contributed by atoms with Crippen molar-refractivity contribution in [3.05, 3.63) is 35.9 Å². The van der Waals surface area contributed by atoms with Gasteiger partial charge in [-0.3, -0.25) is 4.79 Å². The first-order chi connectivity index (χ1) is 10.2. The summed E-state index contributed by atoms with van der Waals surface area (Å²) in [5, 5.41) is 12.1. The maximum absolute atomic E-state index is 11.6. The van der Waals surface area contributed by atoms with E-state index in [1.807, 2.05) is 0 Å². The van der Waals surface area contributed by atoms with Crippen LogP contribution in [0.3, 0.4) is 0 Å². The number of unbranched alkanes of at least 4 members (excludes halogenated alkanes) is 6. The van der Waals surface area contributed by atoms with Crippen molar-refractivity contribution in [1.29, 1.82) is 0 Å². The Morgan fingerprint density at radius 1 is 1.05 bits per heavy atom. The average molecular weight is 289 g/mol. The molecule has 0 aliphatic carbocycles. The van der Waals surface area contributed by atoms with E-state index in [2.05, 4.69) is 12.2 Å². The number of hydrogen-bond acceptors (Lipinski definition) is 2. The Bertz CT molecular complexity index is 423. The third-order valence-electron chi connectivity index (χ3n) is 3.40. The molecule has 0 saturated carbocycles. The summed E-state index contributed by atoms with van der Waals surface area (Å²) in [6.07, 6.45) is 12.0. The SMILES string of the molecule is CCCCCCCCCNC(=O)C=Cc1ccc(O)cc1. The number of nitrogens with one attached hydrogen (secondary N) is 1. The van der Waals surface area contributed by atoms with Crippen LogP contribution in [0.15, 0.2) is 30.3 Å². The number of carbonyl (C=O) groups is 1. The van der Waals surface area contributed by atoms with E-state index in [0.29, 0.717) is 0 Å².